The number of non-ortho nitro benzene ring substituents is 1. The van der Waals surface area contributed by atoms with Crippen molar-refractivity contribution >= 4 is 33.1 Å². The van der Waals surface area contributed by atoms with Crippen LogP contribution in [0.15, 0.2) is 77.3 Å². The van der Waals surface area contributed by atoms with Crippen LogP contribution in [0.5, 0.6) is 0 Å². The van der Waals surface area contributed by atoms with Gasteiger partial charge in [-0.25, -0.2) is 0 Å². The summed E-state index contributed by atoms with van der Waals surface area (Å²) in [6, 6.07) is 21.2. The maximum Gasteiger partial charge on any atom is 0.271 e. The quantitative estimate of drug-likeness (QED) is 0.275. The molecule has 1 atom stereocenters. The SMILES string of the molecule is Cc1ccc(C(CC(=O)c2ccc(Br)cc2)Nc2cccc([N+](=O)[O-])c2)cc1. The van der Waals surface area contributed by atoms with Gasteiger partial charge in [-0.1, -0.05) is 64.0 Å². The molecule has 3 aromatic carbocycles. The summed E-state index contributed by atoms with van der Waals surface area (Å²) in [6.07, 6.45) is 0.230. The molecule has 0 bridgehead atoms. The Bertz CT molecular complexity index is 985. The van der Waals surface area contributed by atoms with Crippen LogP contribution in [-0.4, -0.2) is 10.7 Å². The van der Waals surface area contributed by atoms with E-state index in [1.807, 2.05) is 43.3 Å². The second kappa shape index (κ2) is 8.80. The average Bonchev–Trinajstić information content (AvgIpc) is 2.68. The molecule has 6 heteroatoms. The van der Waals surface area contributed by atoms with Gasteiger partial charge >= 0.3 is 0 Å². The Morgan fingerprint density at radius 1 is 1.07 bits per heavy atom. The van der Waals surface area contributed by atoms with Crippen molar-refractivity contribution in [3.05, 3.63) is 104 Å². The van der Waals surface area contributed by atoms with E-state index in [2.05, 4.69) is 21.2 Å². The number of hydrogen-bond acceptors (Lipinski definition) is 4. The van der Waals surface area contributed by atoms with Crippen molar-refractivity contribution in [1.82, 2.24) is 0 Å². The molecule has 3 rings (SSSR count). The predicted octanol–water partition coefficient (Wildman–Crippen LogP) is 6.09. The summed E-state index contributed by atoms with van der Waals surface area (Å²) in [6.45, 7) is 2.00. The highest BCUT2D eigenvalue weighted by Gasteiger charge is 2.18. The fourth-order valence-corrected chi connectivity index (χ4v) is 3.16. The molecule has 0 radical (unpaired) electrons. The minimum Gasteiger partial charge on any atom is -0.378 e. The zero-order valence-corrected chi connectivity index (χ0v) is 16.8. The van der Waals surface area contributed by atoms with Gasteiger partial charge in [-0.2, -0.15) is 0 Å². The third kappa shape index (κ3) is 5.04. The number of nitro benzene ring substituents is 1. The number of benzene rings is 3. The lowest BCUT2D eigenvalue weighted by molar-refractivity contribution is -0.384. The van der Waals surface area contributed by atoms with Crippen molar-refractivity contribution < 1.29 is 9.72 Å². The normalized spacial score (nSPS) is 11.6. The zero-order valence-electron chi connectivity index (χ0n) is 15.3. The Morgan fingerprint density at radius 2 is 1.75 bits per heavy atom. The molecular formula is C22H19BrN2O3. The first-order valence-electron chi connectivity index (χ1n) is 8.79. The molecule has 0 spiro atoms. The maximum absolute atomic E-state index is 12.8. The molecule has 28 heavy (non-hydrogen) atoms. The molecule has 0 fully saturated rings. The van der Waals surface area contributed by atoms with Gasteiger partial charge in [0.05, 0.1) is 11.0 Å². The average molecular weight is 439 g/mol. The van der Waals surface area contributed by atoms with Crippen molar-refractivity contribution in [3.8, 4) is 0 Å². The van der Waals surface area contributed by atoms with Gasteiger partial charge in [0.2, 0.25) is 0 Å². The van der Waals surface area contributed by atoms with E-state index in [-0.39, 0.29) is 23.9 Å². The first-order chi connectivity index (χ1) is 13.4. The third-order valence-corrected chi connectivity index (χ3v) is 4.96. The molecule has 3 aromatic rings. The van der Waals surface area contributed by atoms with Crippen LogP contribution in [0.2, 0.25) is 0 Å². The molecule has 142 valence electrons. The number of rotatable bonds is 7. The van der Waals surface area contributed by atoms with Crippen LogP contribution >= 0.6 is 15.9 Å². The first kappa shape index (κ1) is 19.8. The van der Waals surface area contributed by atoms with Crippen LogP contribution in [0.4, 0.5) is 11.4 Å². The van der Waals surface area contributed by atoms with E-state index in [9.17, 15) is 14.9 Å². The number of nitro groups is 1. The molecule has 0 saturated heterocycles. The Morgan fingerprint density at radius 3 is 2.39 bits per heavy atom. The second-order valence-corrected chi connectivity index (χ2v) is 7.46. The molecule has 1 N–H and O–H groups in total. The van der Waals surface area contributed by atoms with Gasteiger partial charge < -0.3 is 5.32 Å². The monoisotopic (exact) mass is 438 g/mol. The molecule has 0 aromatic heterocycles. The minimum atomic E-state index is -0.432. The fourth-order valence-electron chi connectivity index (χ4n) is 2.90. The van der Waals surface area contributed by atoms with E-state index in [0.29, 0.717) is 11.3 Å². The highest BCUT2D eigenvalue weighted by Crippen LogP contribution is 2.27. The van der Waals surface area contributed by atoms with Gasteiger partial charge in [0, 0.05) is 34.3 Å². The number of carbonyl (C=O) groups excluding carboxylic acids is 1. The van der Waals surface area contributed by atoms with Crippen LogP contribution in [-0.2, 0) is 0 Å². The van der Waals surface area contributed by atoms with Crippen LogP contribution in [0.25, 0.3) is 0 Å². The number of carbonyl (C=O) groups is 1. The summed E-state index contributed by atoms with van der Waals surface area (Å²) in [5.74, 6) is -0.00370. The first-order valence-corrected chi connectivity index (χ1v) is 9.58. The van der Waals surface area contributed by atoms with E-state index < -0.39 is 4.92 Å². The smallest absolute Gasteiger partial charge is 0.271 e. The topological polar surface area (TPSA) is 72.2 Å². The number of anilines is 1. The van der Waals surface area contributed by atoms with Gasteiger partial charge in [-0.3, -0.25) is 14.9 Å². The molecule has 0 heterocycles. The van der Waals surface area contributed by atoms with Gasteiger partial charge in [0.1, 0.15) is 0 Å². The van der Waals surface area contributed by atoms with Crippen LogP contribution in [0, 0.1) is 17.0 Å². The van der Waals surface area contributed by atoms with Gasteiger partial charge in [-0.05, 0) is 30.7 Å². The molecule has 0 aliphatic rings. The van der Waals surface area contributed by atoms with E-state index in [0.717, 1.165) is 15.6 Å². The van der Waals surface area contributed by atoms with E-state index in [4.69, 9.17) is 0 Å². The predicted molar refractivity (Wildman–Crippen MR) is 114 cm³/mol. The highest BCUT2D eigenvalue weighted by molar-refractivity contribution is 9.10. The van der Waals surface area contributed by atoms with Crippen molar-refractivity contribution in [1.29, 1.82) is 0 Å². The molecule has 1 unspecified atom stereocenters. The summed E-state index contributed by atoms with van der Waals surface area (Å²) in [5, 5.41) is 14.3. The number of halogens is 1. The highest BCUT2D eigenvalue weighted by atomic mass is 79.9. The summed E-state index contributed by atoms with van der Waals surface area (Å²) < 4.78 is 0.911. The Hall–Kier alpha value is -2.99. The standard InChI is InChI=1S/C22H19BrN2O3/c1-15-5-7-16(8-6-15)21(14-22(26)17-9-11-18(23)12-10-17)24-19-3-2-4-20(13-19)25(27)28/h2-13,21,24H,14H2,1H3. The molecule has 0 aliphatic heterocycles. The number of ketones is 1. The lowest BCUT2D eigenvalue weighted by Crippen LogP contribution is -2.16. The van der Waals surface area contributed by atoms with Crippen molar-refractivity contribution in [3.63, 3.8) is 0 Å². The number of aryl methyl sites for hydroxylation is 1. The zero-order chi connectivity index (χ0) is 20.1. The van der Waals surface area contributed by atoms with Crippen molar-refractivity contribution in [2.24, 2.45) is 0 Å². The van der Waals surface area contributed by atoms with Crippen molar-refractivity contribution in [2.75, 3.05) is 5.32 Å². The Kier molecular flexibility index (Phi) is 6.21. The fraction of sp³-hybridized carbons (Fsp3) is 0.136. The molecule has 0 saturated carbocycles. The molecule has 0 amide bonds. The van der Waals surface area contributed by atoms with Gasteiger partial charge in [0.25, 0.3) is 5.69 Å². The lowest BCUT2D eigenvalue weighted by atomic mass is 9.97. The Balaban J connectivity index is 1.87. The number of hydrogen-bond donors (Lipinski definition) is 1. The van der Waals surface area contributed by atoms with E-state index in [1.54, 1.807) is 24.3 Å². The Labute approximate surface area is 171 Å². The number of nitrogens with zero attached hydrogens (tertiary/aromatic N) is 1. The lowest BCUT2D eigenvalue weighted by Gasteiger charge is -2.20. The summed E-state index contributed by atoms with van der Waals surface area (Å²) in [5.41, 5.74) is 3.30. The maximum atomic E-state index is 12.8. The third-order valence-electron chi connectivity index (χ3n) is 4.43. The number of nitrogens with one attached hydrogen (secondary N) is 1. The van der Waals surface area contributed by atoms with E-state index >= 15 is 0 Å². The van der Waals surface area contributed by atoms with Crippen LogP contribution < -0.4 is 5.32 Å². The molecule has 0 aliphatic carbocycles. The van der Waals surface area contributed by atoms with Crippen LogP contribution in [0.3, 0.4) is 0 Å². The summed E-state index contributed by atoms with van der Waals surface area (Å²) >= 11 is 3.37. The summed E-state index contributed by atoms with van der Waals surface area (Å²) in [7, 11) is 0. The second-order valence-electron chi connectivity index (χ2n) is 6.55. The molecule has 5 nitrogen and oxygen atoms in total. The minimum absolute atomic E-state index is 0.00370. The molecular weight excluding hydrogens is 420 g/mol. The van der Waals surface area contributed by atoms with Crippen molar-refractivity contribution in [2.45, 2.75) is 19.4 Å². The largest absolute Gasteiger partial charge is 0.378 e. The van der Waals surface area contributed by atoms with E-state index in [1.165, 1.54) is 12.1 Å². The van der Waals surface area contributed by atoms with Gasteiger partial charge in [0.15, 0.2) is 5.78 Å². The van der Waals surface area contributed by atoms with Gasteiger partial charge in [-0.15, -0.1) is 0 Å². The number of Topliss-reactive ketones (excluding diaryl/α,β-unsaturated/α-hetero) is 1. The van der Waals surface area contributed by atoms with Crippen LogP contribution in [0.1, 0.15) is 33.9 Å². The summed E-state index contributed by atoms with van der Waals surface area (Å²) in [4.78, 5) is 23.4.